The molecule has 1 aromatic carbocycles. The van der Waals surface area contributed by atoms with E-state index in [1.54, 1.807) is 30.5 Å². The van der Waals surface area contributed by atoms with Crippen molar-refractivity contribution in [3.05, 3.63) is 64.3 Å². The third-order valence-corrected chi connectivity index (χ3v) is 3.33. The predicted molar refractivity (Wildman–Crippen MR) is 82.9 cm³/mol. The fraction of sp³-hybridized carbons (Fsp3) is 0.294. The molecule has 1 aromatic heterocycles. The Bertz CT molecular complexity index is 709. The van der Waals surface area contributed by atoms with Gasteiger partial charge in [-0.1, -0.05) is 12.1 Å². The van der Waals surface area contributed by atoms with Crippen molar-refractivity contribution in [2.24, 2.45) is 0 Å². The van der Waals surface area contributed by atoms with Gasteiger partial charge in [-0.05, 0) is 42.7 Å². The number of ether oxygens (including phenoxy) is 1. The lowest BCUT2D eigenvalue weighted by molar-refractivity contribution is -0.137. The SMILES string of the molecule is O=C(O)CCCCn1cccc(OCc2ccc(F)cc2)c1=O. The van der Waals surface area contributed by atoms with Gasteiger partial charge < -0.3 is 14.4 Å². The Balaban J connectivity index is 1.94. The first kappa shape index (κ1) is 16.7. The standard InChI is InChI=1S/C17H18FNO4/c18-14-8-6-13(7-9-14)12-23-15-4-3-11-19(17(15)22)10-2-1-5-16(20)21/h3-4,6-9,11H,1-2,5,10,12H2,(H,20,21). The quantitative estimate of drug-likeness (QED) is 0.760. The number of benzene rings is 1. The van der Waals surface area contributed by atoms with Crippen LogP contribution in [0.4, 0.5) is 4.39 Å². The number of aryl methyl sites for hydroxylation is 1. The van der Waals surface area contributed by atoms with E-state index in [1.807, 2.05) is 0 Å². The second kappa shape index (κ2) is 8.12. The highest BCUT2D eigenvalue weighted by Gasteiger charge is 2.05. The third kappa shape index (κ3) is 5.25. The van der Waals surface area contributed by atoms with Gasteiger partial charge >= 0.3 is 5.97 Å². The predicted octanol–water partition coefficient (Wildman–Crippen LogP) is 2.82. The minimum absolute atomic E-state index is 0.0928. The van der Waals surface area contributed by atoms with Crippen LogP contribution in [0.5, 0.6) is 5.75 Å². The first-order chi connectivity index (χ1) is 11.1. The number of carboxylic acid groups (broad SMARTS) is 1. The molecule has 0 aliphatic heterocycles. The van der Waals surface area contributed by atoms with Crippen LogP contribution in [0.25, 0.3) is 0 Å². The maximum Gasteiger partial charge on any atom is 0.303 e. The van der Waals surface area contributed by atoms with E-state index in [-0.39, 0.29) is 30.2 Å². The van der Waals surface area contributed by atoms with E-state index in [1.165, 1.54) is 16.7 Å². The van der Waals surface area contributed by atoms with Crippen molar-refractivity contribution < 1.29 is 19.0 Å². The number of nitrogens with zero attached hydrogens (tertiary/aromatic N) is 1. The molecule has 0 aliphatic carbocycles. The Hall–Kier alpha value is -2.63. The van der Waals surface area contributed by atoms with E-state index in [0.717, 1.165) is 5.56 Å². The highest BCUT2D eigenvalue weighted by molar-refractivity contribution is 5.66. The zero-order valence-corrected chi connectivity index (χ0v) is 12.6. The summed E-state index contributed by atoms with van der Waals surface area (Å²) in [4.78, 5) is 22.7. The van der Waals surface area contributed by atoms with Crippen molar-refractivity contribution in [2.45, 2.75) is 32.4 Å². The molecule has 0 bridgehead atoms. The van der Waals surface area contributed by atoms with Crippen LogP contribution < -0.4 is 10.3 Å². The molecule has 6 heteroatoms. The van der Waals surface area contributed by atoms with Gasteiger partial charge in [0.2, 0.25) is 0 Å². The monoisotopic (exact) mass is 319 g/mol. The van der Waals surface area contributed by atoms with Gasteiger partial charge in [0.1, 0.15) is 12.4 Å². The second-order valence-electron chi connectivity index (χ2n) is 5.14. The topological polar surface area (TPSA) is 68.5 Å². The lowest BCUT2D eigenvalue weighted by atomic mass is 10.2. The summed E-state index contributed by atoms with van der Waals surface area (Å²) in [5, 5.41) is 8.59. The summed E-state index contributed by atoms with van der Waals surface area (Å²) in [5.74, 6) is -0.944. The van der Waals surface area contributed by atoms with Crippen LogP contribution in [0.1, 0.15) is 24.8 Å². The Morgan fingerprint density at radius 1 is 1.17 bits per heavy atom. The average Bonchev–Trinajstić information content (AvgIpc) is 2.53. The van der Waals surface area contributed by atoms with Crippen molar-refractivity contribution in [1.29, 1.82) is 0 Å². The molecule has 0 radical (unpaired) electrons. The lowest BCUT2D eigenvalue weighted by Crippen LogP contribution is -2.21. The molecule has 0 saturated heterocycles. The number of pyridine rings is 1. The highest BCUT2D eigenvalue weighted by atomic mass is 19.1. The molecule has 0 fully saturated rings. The van der Waals surface area contributed by atoms with Gasteiger partial charge in [0.15, 0.2) is 5.75 Å². The zero-order chi connectivity index (χ0) is 16.7. The summed E-state index contributed by atoms with van der Waals surface area (Å²) in [6.45, 7) is 0.623. The van der Waals surface area contributed by atoms with Crippen molar-refractivity contribution in [3.63, 3.8) is 0 Å². The van der Waals surface area contributed by atoms with E-state index in [4.69, 9.17) is 9.84 Å². The Morgan fingerprint density at radius 2 is 1.91 bits per heavy atom. The first-order valence-corrected chi connectivity index (χ1v) is 7.35. The van der Waals surface area contributed by atoms with Gasteiger partial charge in [0.25, 0.3) is 5.56 Å². The summed E-state index contributed by atoms with van der Waals surface area (Å²) in [6.07, 6.45) is 2.86. The van der Waals surface area contributed by atoms with Crippen LogP contribution in [-0.4, -0.2) is 15.6 Å². The molecule has 0 spiro atoms. The van der Waals surface area contributed by atoms with E-state index in [9.17, 15) is 14.0 Å². The number of carboxylic acids is 1. The molecule has 1 N–H and O–H groups in total. The number of rotatable bonds is 8. The summed E-state index contributed by atoms with van der Waals surface area (Å²) in [6, 6.07) is 9.17. The lowest BCUT2D eigenvalue weighted by Gasteiger charge is -2.09. The Morgan fingerprint density at radius 3 is 2.61 bits per heavy atom. The number of hydrogen-bond donors (Lipinski definition) is 1. The highest BCUT2D eigenvalue weighted by Crippen LogP contribution is 2.09. The van der Waals surface area contributed by atoms with Crippen LogP contribution in [0, 0.1) is 5.82 Å². The molecule has 0 atom stereocenters. The van der Waals surface area contributed by atoms with E-state index >= 15 is 0 Å². The smallest absolute Gasteiger partial charge is 0.303 e. The average molecular weight is 319 g/mol. The van der Waals surface area contributed by atoms with Crippen LogP contribution in [0.15, 0.2) is 47.4 Å². The fourth-order valence-electron chi connectivity index (χ4n) is 2.10. The summed E-state index contributed by atoms with van der Waals surface area (Å²) >= 11 is 0. The molecule has 0 aliphatic rings. The second-order valence-corrected chi connectivity index (χ2v) is 5.14. The van der Waals surface area contributed by atoms with E-state index < -0.39 is 5.97 Å². The molecule has 0 unspecified atom stereocenters. The largest absolute Gasteiger partial charge is 0.483 e. The van der Waals surface area contributed by atoms with E-state index in [2.05, 4.69) is 0 Å². The van der Waals surface area contributed by atoms with Gasteiger partial charge in [0, 0.05) is 19.2 Å². The summed E-state index contributed by atoms with van der Waals surface area (Å²) in [7, 11) is 0. The van der Waals surface area contributed by atoms with Crippen LogP contribution in [0.3, 0.4) is 0 Å². The maximum absolute atomic E-state index is 12.8. The molecule has 23 heavy (non-hydrogen) atoms. The summed E-state index contributed by atoms with van der Waals surface area (Å²) < 4.78 is 19.8. The molecule has 1 heterocycles. The van der Waals surface area contributed by atoms with Crippen LogP contribution in [0.2, 0.25) is 0 Å². The van der Waals surface area contributed by atoms with Crippen LogP contribution in [-0.2, 0) is 17.9 Å². The molecule has 5 nitrogen and oxygen atoms in total. The first-order valence-electron chi connectivity index (χ1n) is 7.35. The van der Waals surface area contributed by atoms with Crippen molar-refractivity contribution in [2.75, 3.05) is 0 Å². The van der Waals surface area contributed by atoms with Gasteiger partial charge in [-0.15, -0.1) is 0 Å². The van der Waals surface area contributed by atoms with E-state index in [0.29, 0.717) is 19.4 Å². The third-order valence-electron chi connectivity index (χ3n) is 3.33. The van der Waals surface area contributed by atoms with Crippen molar-refractivity contribution >= 4 is 5.97 Å². The molecule has 2 aromatic rings. The van der Waals surface area contributed by atoms with Crippen LogP contribution >= 0.6 is 0 Å². The minimum atomic E-state index is -0.839. The molecular weight excluding hydrogens is 301 g/mol. The van der Waals surface area contributed by atoms with Crippen molar-refractivity contribution in [3.8, 4) is 5.75 Å². The normalized spacial score (nSPS) is 10.5. The molecule has 2 rings (SSSR count). The molecule has 122 valence electrons. The minimum Gasteiger partial charge on any atom is -0.483 e. The number of aromatic nitrogens is 1. The summed E-state index contributed by atoms with van der Waals surface area (Å²) in [5.41, 5.74) is 0.507. The van der Waals surface area contributed by atoms with Gasteiger partial charge in [-0.2, -0.15) is 0 Å². The Kier molecular flexibility index (Phi) is 5.91. The number of halogens is 1. The van der Waals surface area contributed by atoms with Gasteiger partial charge in [-0.3, -0.25) is 9.59 Å². The molecule has 0 saturated carbocycles. The zero-order valence-electron chi connectivity index (χ0n) is 12.6. The number of unbranched alkanes of at least 4 members (excludes halogenated alkanes) is 1. The Labute approximate surface area is 133 Å². The molecule has 0 amide bonds. The van der Waals surface area contributed by atoms with Gasteiger partial charge in [-0.25, -0.2) is 4.39 Å². The molecular formula is C17H18FNO4. The van der Waals surface area contributed by atoms with Gasteiger partial charge in [0.05, 0.1) is 0 Å². The number of hydrogen-bond acceptors (Lipinski definition) is 3. The number of carbonyl (C=O) groups is 1. The maximum atomic E-state index is 12.8. The fourth-order valence-corrected chi connectivity index (χ4v) is 2.10. The van der Waals surface area contributed by atoms with Crippen molar-refractivity contribution in [1.82, 2.24) is 4.57 Å². The number of aliphatic carboxylic acids is 1.